The maximum atomic E-state index is 10.7. The summed E-state index contributed by atoms with van der Waals surface area (Å²) in [5.41, 5.74) is 6.59. The molecule has 6 aromatic carbocycles. The molecule has 3 aliphatic heterocycles. The Morgan fingerprint density at radius 3 is 0.910 bits per heavy atom. The van der Waals surface area contributed by atoms with Crippen LogP contribution in [0.25, 0.3) is 0 Å². The van der Waals surface area contributed by atoms with Crippen molar-refractivity contribution in [2.45, 2.75) is 57.4 Å². The van der Waals surface area contributed by atoms with Gasteiger partial charge in [-0.3, -0.25) is 30.3 Å². The Bertz CT molecular complexity index is 2530. The zero-order valence-electron chi connectivity index (χ0n) is 42.7. The van der Waals surface area contributed by atoms with E-state index < -0.39 is 54.4 Å². The molecular weight excluding hydrogens is 1010 g/mol. The van der Waals surface area contributed by atoms with E-state index in [2.05, 4.69) is 0 Å². The van der Waals surface area contributed by atoms with Crippen LogP contribution in [-0.4, -0.2) is 110 Å². The van der Waals surface area contributed by atoms with E-state index >= 15 is 0 Å². The summed E-state index contributed by atoms with van der Waals surface area (Å²) >= 11 is 0. The van der Waals surface area contributed by atoms with E-state index in [1.165, 1.54) is 0 Å². The normalized spacial score (nSPS) is 15.7. The number of ether oxygens (including phenoxy) is 6. The van der Waals surface area contributed by atoms with Crippen LogP contribution in [-0.2, 0) is 48.0 Å². The lowest BCUT2D eigenvalue weighted by atomic mass is 9.78. The predicted molar refractivity (Wildman–Crippen MR) is 288 cm³/mol. The van der Waals surface area contributed by atoms with Gasteiger partial charge in [-0.25, -0.2) is 0 Å². The van der Waals surface area contributed by atoms with Crippen LogP contribution >= 0.6 is 0 Å². The van der Waals surface area contributed by atoms with Crippen LogP contribution in [0.2, 0.25) is 0 Å². The van der Waals surface area contributed by atoms with Gasteiger partial charge in [-0.2, -0.15) is 0 Å². The van der Waals surface area contributed by atoms with Gasteiger partial charge in [-0.1, -0.05) is 127 Å². The second-order valence-corrected chi connectivity index (χ2v) is 18.0. The molecule has 1 unspecified atom stereocenters. The first-order valence-electron chi connectivity index (χ1n) is 25.4. The lowest BCUT2D eigenvalue weighted by molar-refractivity contribution is -0.490. The van der Waals surface area contributed by atoms with Crippen molar-refractivity contribution in [1.82, 2.24) is 0 Å². The third-order valence-corrected chi connectivity index (χ3v) is 12.3. The van der Waals surface area contributed by atoms with Crippen molar-refractivity contribution in [3.05, 3.63) is 209 Å². The van der Waals surface area contributed by atoms with Crippen LogP contribution in [0.1, 0.15) is 71.0 Å². The highest BCUT2D eigenvalue weighted by atomic mass is 16.6. The lowest BCUT2D eigenvalue weighted by Crippen LogP contribution is -2.30. The topological polar surface area (TPSA) is 273 Å². The molecule has 0 aliphatic carbocycles. The lowest BCUT2D eigenvalue weighted by Gasteiger charge is -2.11. The second kappa shape index (κ2) is 30.6. The van der Waals surface area contributed by atoms with Crippen LogP contribution in [0, 0.1) is 30.3 Å². The number of nitro groups is 3. The Kier molecular flexibility index (Phi) is 22.9. The summed E-state index contributed by atoms with van der Waals surface area (Å²) in [6.45, 7) is 3.38. The van der Waals surface area contributed by atoms with Crippen LogP contribution in [0.3, 0.4) is 0 Å². The molecule has 0 saturated carbocycles. The van der Waals surface area contributed by atoms with Gasteiger partial charge in [-0.05, 0) is 51.6 Å². The van der Waals surface area contributed by atoms with Crippen molar-refractivity contribution >= 4 is 37.7 Å². The van der Waals surface area contributed by atoms with E-state index in [1.54, 1.807) is 54.6 Å². The molecule has 3 N–H and O–H groups in total. The number of hydrogen-bond donors (Lipinski definition) is 3. The van der Waals surface area contributed by atoms with Crippen molar-refractivity contribution in [3.63, 3.8) is 0 Å². The summed E-state index contributed by atoms with van der Waals surface area (Å²) in [5.74, 6) is 1.47. The van der Waals surface area contributed by atoms with Crippen molar-refractivity contribution in [2.24, 2.45) is 0 Å². The smallest absolute Gasteiger partial charge is 0.494 e. The molecule has 24 heteroatoms. The fourth-order valence-electron chi connectivity index (χ4n) is 8.74. The Balaban J connectivity index is 0.000000170. The number of fused-ring (bicyclic) bond motifs is 3. The van der Waals surface area contributed by atoms with Gasteiger partial charge < -0.3 is 57.5 Å². The van der Waals surface area contributed by atoms with E-state index in [4.69, 9.17) is 42.4 Å². The monoisotopic (exact) mass is 1070 g/mol. The molecule has 0 bridgehead atoms. The molecule has 0 spiro atoms. The summed E-state index contributed by atoms with van der Waals surface area (Å²) in [6, 6.07) is 45.3. The summed E-state index contributed by atoms with van der Waals surface area (Å²) in [5, 5.41) is 62.4. The summed E-state index contributed by atoms with van der Waals surface area (Å²) in [7, 11) is -3.62. The predicted octanol–water partition coefficient (Wildman–Crippen LogP) is 5.12. The quantitative estimate of drug-likeness (QED) is 0.0261. The molecule has 3 heterocycles. The van der Waals surface area contributed by atoms with Crippen molar-refractivity contribution in [3.8, 4) is 17.2 Å². The second-order valence-electron chi connectivity index (χ2n) is 18.0. The maximum absolute atomic E-state index is 10.7. The highest BCUT2D eigenvalue weighted by Gasteiger charge is 2.42. The van der Waals surface area contributed by atoms with E-state index in [9.17, 15) is 45.4 Å². The minimum Gasteiger partial charge on any atom is -0.494 e. The number of benzene rings is 6. The minimum atomic E-state index is -1.21. The first-order chi connectivity index (χ1) is 37.9. The van der Waals surface area contributed by atoms with E-state index in [0.29, 0.717) is 129 Å². The zero-order valence-corrected chi connectivity index (χ0v) is 42.7. The fourth-order valence-corrected chi connectivity index (χ4v) is 8.74. The van der Waals surface area contributed by atoms with Gasteiger partial charge in [0, 0.05) is 50.4 Å². The van der Waals surface area contributed by atoms with Crippen molar-refractivity contribution in [2.75, 3.05) is 59.3 Å². The maximum Gasteiger partial charge on any atom is 0.496 e. The average Bonchev–Trinajstić information content (AvgIpc) is 4.10. The number of hydrogen-bond acceptors (Lipinski definition) is 18. The molecule has 3 atom stereocenters. The Morgan fingerprint density at radius 1 is 0.385 bits per heavy atom. The molecular formula is C54H60B3N3O18. The fraction of sp³-hybridized carbons (Fsp3) is 0.333. The van der Waals surface area contributed by atoms with Crippen molar-refractivity contribution in [1.29, 1.82) is 0 Å². The van der Waals surface area contributed by atoms with Gasteiger partial charge in [0.15, 0.2) is 0 Å². The van der Waals surface area contributed by atoms with E-state index in [0.717, 1.165) is 16.7 Å². The molecule has 9 rings (SSSR count). The highest BCUT2D eigenvalue weighted by molar-refractivity contribution is 6.63. The molecule has 3 aliphatic rings. The molecule has 21 nitrogen and oxygen atoms in total. The molecule has 0 saturated heterocycles. The van der Waals surface area contributed by atoms with Crippen LogP contribution < -0.4 is 30.6 Å². The molecule has 0 radical (unpaired) electrons. The van der Waals surface area contributed by atoms with E-state index in [-0.39, 0.29) is 19.6 Å². The van der Waals surface area contributed by atoms with Crippen molar-refractivity contribution < 1.29 is 72.2 Å². The Morgan fingerprint density at radius 2 is 0.654 bits per heavy atom. The van der Waals surface area contributed by atoms with Gasteiger partial charge in [0.25, 0.3) is 0 Å². The molecule has 0 fully saturated rings. The largest absolute Gasteiger partial charge is 0.496 e. The third-order valence-electron chi connectivity index (χ3n) is 12.3. The number of rotatable bonds is 27. The minimum absolute atomic E-state index is 0.388. The molecule has 6 aromatic rings. The van der Waals surface area contributed by atoms with Crippen LogP contribution in [0.4, 0.5) is 0 Å². The molecule has 0 aromatic heterocycles. The van der Waals surface area contributed by atoms with Gasteiger partial charge in [-0.15, -0.1) is 0 Å². The average molecular weight is 1070 g/mol. The standard InChI is InChI=1S/3C18H20BNO6/c3*21-19-18-15(17(26-19)12-20(22)23)8-4-9-16(18)25-11-5-10-24-13-14-6-2-1-3-7-14/h3*1-4,6-9,17,21H,5,10-13H2/t2*17-;/m10./s1. The van der Waals surface area contributed by atoms with Gasteiger partial charge in [0.05, 0.1) is 59.5 Å². The highest BCUT2D eigenvalue weighted by Crippen LogP contribution is 2.30. The summed E-state index contributed by atoms with van der Waals surface area (Å²) in [6.07, 6.45) is -0.211. The van der Waals surface area contributed by atoms with E-state index in [1.807, 2.05) is 91.0 Å². The molecule has 0 amide bonds. The first kappa shape index (κ1) is 58.4. The zero-order chi connectivity index (χ0) is 55.1. The number of nitrogens with zero attached hydrogens (tertiary/aromatic N) is 3. The van der Waals surface area contributed by atoms with Crippen LogP contribution in [0.15, 0.2) is 146 Å². The van der Waals surface area contributed by atoms with Gasteiger partial charge in [0.1, 0.15) is 35.6 Å². The summed E-state index contributed by atoms with van der Waals surface area (Å²) < 4.78 is 49.9. The third kappa shape index (κ3) is 17.6. The summed E-state index contributed by atoms with van der Waals surface area (Å²) in [4.78, 5) is 30.8. The Hall–Kier alpha value is -7.25. The Labute approximate surface area is 451 Å². The SMILES string of the molecule is O=[N+]([O-])CC1OB(O)c2c(OCCCOCc3ccccc3)cccc21.O=[N+]([O-])C[C@@H]1OB(O)c2c(OCCCOCc3ccccc3)cccc21.O=[N+]([O-])C[C@H]1OB(O)c2c(OCCCOCc3ccccc3)cccc21. The first-order valence-corrected chi connectivity index (χ1v) is 25.4. The molecule has 78 heavy (non-hydrogen) atoms. The van der Waals surface area contributed by atoms with Gasteiger partial charge in [0.2, 0.25) is 19.6 Å². The van der Waals surface area contributed by atoms with Crippen LogP contribution in [0.5, 0.6) is 17.2 Å². The molecule has 408 valence electrons. The van der Waals surface area contributed by atoms with Gasteiger partial charge >= 0.3 is 21.4 Å².